The Labute approximate surface area is 462 Å². The maximum atomic E-state index is 6.44. The zero-order valence-electron chi connectivity index (χ0n) is 42.8. The Hall–Kier alpha value is -10.1. The normalized spacial score (nSPS) is 11.4. The molecule has 0 atom stereocenters. The minimum Gasteiger partial charge on any atom is -0.227 e. The van der Waals surface area contributed by atoms with Gasteiger partial charge in [-0.2, -0.15) is 0 Å². The second-order valence-corrected chi connectivity index (χ2v) is 20.1. The lowest BCUT2D eigenvalue weighted by molar-refractivity contribution is 1.23. The van der Waals surface area contributed by atoms with Gasteiger partial charge in [0.05, 0.1) is 22.4 Å². The Kier molecular flexibility index (Phi) is 12.2. The first-order chi connectivity index (χ1) is 39.1. The predicted octanol–water partition coefficient (Wildman–Crippen LogP) is 20.2. The molecule has 4 nitrogen and oxygen atoms in total. The third-order valence-corrected chi connectivity index (χ3v) is 15.2. The van der Waals surface area contributed by atoms with Crippen LogP contribution >= 0.6 is 11.6 Å². The van der Waals surface area contributed by atoms with Crippen molar-refractivity contribution in [3.63, 3.8) is 0 Å². The number of fused-ring (bicyclic) bond motifs is 8. The molecule has 0 saturated carbocycles. The maximum absolute atomic E-state index is 6.44. The van der Waals surface area contributed by atoms with E-state index in [1.165, 1.54) is 60.3 Å². The van der Waals surface area contributed by atoms with Crippen LogP contribution in [0.2, 0.25) is 5.28 Å². The van der Waals surface area contributed by atoms with Gasteiger partial charge in [-0.1, -0.05) is 261 Å². The highest BCUT2D eigenvalue weighted by atomic mass is 35.5. The van der Waals surface area contributed by atoms with E-state index in [0.29, 0.717) is 0 Å². The van der Waals surface area contributed by atoms with Gasteiger partial charge >= 0.3 is 0 Å². The molecule has 0 radical (unpaired) electrons. The van der Waals surface area contributed by atoms with Crippen molar-refractivity contribution < 1.29 is 0 Å². The van der Waals surface area contributed by atoms with E-state index in [2.05, 4.69) is 253 Å². The number of nitrogens with zero attached hydrogens (tertiary/aromatic N) is 4. The van der Waals surface area contributed by atoms with E-state index in [1.807, 2.05) is 42.5 Å². The van der Waals surface area contributed by atoms with Gasteiger partial charge in [-0.3, -0.25) is 0 Å². The maximum Gasteiger partial charge on any atom is 0.223 e. The molecule has 0 bridgehead atoms. The van der Waals surface area contributed by atoms with Gasteiger partial charge in [0.1, 0.15) is 0 Å². The number of hydrogen-bond acceptors (Lipinski definition) is 4. The summed E-state index contributed by atoms with van der Waals surface area (Å²) in [6.07, 6.45) is 0. The zero-order valence-corrected chi connectivity index (χ0v) is 43.6. The van der Waals surface area contributed by atoms with Crippen molar-refractivity contribution in [3.8, 4) is 78.4 Å². The van der Waals surface area contributed by atoms with Gasteiger partial charge in [0, 0.05) is 38.2 Å². The molecule has 0 spiro atoms. The lowest BCUT2D eigenvalue weighted by Gasteiger charge is -2.16. The molecule has 15 rings (SSSR count). The number of aromatic nitrogens is 4. The summed E-state index contributed by atoms with van der Waals surface area (Å²) < 4.78 is 0. The van der Waals surface area contributed by atoms with E-state index in [9.17, 15) is 0 Å². The van der Waals surface area contributed by atoms with Crippen LogP contribution in [-0.2, 0) is 0 Å². The number of halogens is 1. The summed E-state index contributed by atoms with van der Waals surface area (Å²) >= 11 is 6.44. The summed E-state index contributed by atoms with van der Waals surface area (Å²) in [5, 5.41) is 11.8. The summed E-state index contributed by atoms with van der Waals surface area (Å²) in [6, 6.07) is 100. The van der Waals surface area contributed by atoms with Gasteiger partial charge < -0.3 is 0 Å². The van der Waals surface area contributed by atoms with Crippen molar-refractivity contribution in [1.29, 1.82) is 0 Å². The summed E-state index contributed by atoms with van der Waals surface area (Å²) in [7, 11) is 0. The Morgan fingerprint density at radius 3 is 1.04 bits per heavy atom. The van der Waals surface area contributed by atoms with Gasteiger partial charge in [0.25, 0.3) is 0 Å². The molecule has 2 aromatic heterocycles. The summed E-state index contributed by atoms with van der Waals surface area (Å²) in [5.41, 5.74) is 16.2. The van der Waals surface area contributed by atoms with E-state index in [1.54, 1.807) is 0 Å². The molecule has 0 amide bonds. The van der Waals surface area contributed by atoms with E-state index < -0.39 is 0 Å². The van der Waals surface area contributed by atoms with Gasteiger partial charge in [-0.15, -0.1) is 0 Å². The number of hydrogen-bond donors (Lipinski definition) is 0. The molecule has 15 aromatic rings. The van der Waals surface area contributed by atoms with Crippen LogP contribution in [0.25, 0.3) is 143 Å². The van der Waals surface area contributed by atoms with Crippen LogP contribution in [0.4, 0.5) is 0 Å². The molecule has 0 aliphatic heterocycles. The Morgan fingerprint density at radius 2 is 0.557 bits per heavy atom. The number of rotatable bonds is 7. The third-order valence-electron chi connectivity index (χ3n) is 15.1. The fraction of sp³-hybridized carbons (Fsp3) is 0. The van der Waals surface area contributed by atoms with Crippen LogP contribution in [-0.4, -0.2) is 19.9 Å². The highest BCUT2D eigenvalue weighted by Crippen LogP contribution is 2.42. The quantitative estimate of drug-likeness (QED) is 0.118. The Morgan fingerprint density at radius 1 is 0.215 bits per heavy atom. The van der Waals surface area contributed by atoms with Crippen molar-refractivity contribution >= 4 is 76.5 Å². The molecule has 370 valence electrons. The van der Waals surface area contributed by atoms with Crippen LogP contribution in [0.15, 0.2) is 285 Å². The Bertz CT molecular complexity index is 4780. The first-order valence-corrected chi connectivity index (χ1v) is 26.9. The molecule has 79 heavy (non-hydrogen) atoms. The molecule has 2 heterocycles. The molecule has 0 fully saturated rings. The first kappa shape index (κ1) is 47.3. The molecular weight excluding hydrogens is 980 g/mol. The topological polar surface area (TPSA) is 51.6 Å². The fourth-order valence-corrected chi connectivity index (χ4v) is 11.5. The molecule has 0 N–H and O–H groups in total. The second-order valence-electron chi connectivity index (χ2n) is 19.8. The Balaban J connectivity index is 0.000000144. The van der Waals surface area contributed by atoms with E-state index >= 15 is 0 Å². The first-order valence-electron chi connectivity index (χ1n) is 26.6. The minimum absolute atomic E-state index is 0.252. The van der Waals surface area contributed by atoms with E-state index in [4.69, 9.17) is 21.6 Å². The van der Waals surface area contributed by atoms with Crippen LogP contribution in [0.3, 0.4) is 0 Å². The van der Waals surface area contributed by atoms with E-state index in [-0.39, 0.29) is 5.28 Å². The highest BCUT2D eigenvalue weighted by Gasteiger charge is 2.19. The largest absolute Gasteiger partial charge is 0.227 e. The molecule has 0 unspecified atom stereocenters. The van der Waals surface area contributed by atoms with Crippen molar-refractivity contribution in [2.24, 2.45) is 0 Å². The lowest BCUT2D eigenvalue weighted by Crippen LogP contribution is -1.97. The van der Waals surface area contributed by atoms with Crippen LogP contribution in [0.5, 0.6) is 0 Å². The van der Waals surface area contributed by atoms with Gasteiger partial charge in [-0.25, -0.2) is 19.9 Å². The minimum atomic E-state index is 0.252. The SMILES string of the molecule is Clc1nc(-c2ccccc2)c2cc(-c3cccc(-c4cccc5ccccc45)c3)c3ccccc3c2n1.c1ccc(-c2nc(-c3ccccc3)c3cc(-c4cccc(-c5cccc6ccccc56)c4)c4ccccc4c3n2)cc1. The average Bonchev–Trinajstić information content (AvgIpc) is 3.63. The fourth-order valence-electron chi connectivity index (χ4n) is 11.4. The molecule has 5 heteroatoms. The molecule has 0 aliphatic carbocycles. The average molecular weight is 1030 g/mol. The zero-order chi connectivity index (χ0) is 52.7. The summed E-state index contributed by atoms with van der Waals surface area (Å²) in [4.78, 5) is 19.7. The molecular formula is C74H47ClN4. The van der Waals surface area contributed by atoms with Crippen LogP contribution in [0, 0.1) is 0 Å². The van der Waals surface area contributed by atoms with Gasteiger partial charge in [-0.05, 0) is 113 Å². The monoisotopic (exact) mass is 1030 g/mol. The molecule has 0 aliphatic rings. The van der Waals surface area contributed by atoms with Crippen LogP contribution in [0.1, 0.15) is 0 Å². The summed E-state index contributed by atoms with van der Waals surface area (Å²) in [5.74, 6) is 0.734. The highest BCUT2D eigenvalue weighted by molar-refractivity contribution is 6.29. The summed E-state index contributed by atoms with van der Waals surface area (Å²) in [6.45, 7) is 0. The van der Waals surface area contributed by atoms with Crippen LogP contribution < -0.4 is 0 Å². The third kappa shape index (κ3) is 8.90. The molecule has 13 aromatic carbocycles. The lowest BCUT2D eigenvalue weighted by atomic mass is 9.91. The van der Waals surface area contributed by atoms with Crippen molar-refractivity contribution in [2.45, 2.75) is 0 Å². The predicted molar refractivity (Wildman–Crippen MR) is 332 cm³/mol. The van der Waals surface area contributed by atoms with Crippen molar-refractivity contribution in [2.75, 3.05) is 0 Å². The molecule has 0 saturated heterocycles. The van der Waals surface area contributed by atoms with Crippen molar-refractivity contribution in [3.05, 3.63) is 290 Å². The number of benzene rings is 13. The smallest absolute Gasteiger partial charge is 0.223 e. The van der Waals surface area contributed by atoms with Gasteiger partial charge in [0.2, 0.25) is 5.28 Å². The van der Waals surface area contributed by atoms with Gasteiger partial charge in [0.15, 0.2) is 5.82 Å². The standard InChI is InChI=1S/C40H26N2.C34H21ClN2/c1-3-14-28(15-4-1)38-37-26-36(31-20-11-19-30(25-31)33-24-12-18-27-13-7-8-21-32(27)33)34-22-9-10-23-35(34)39(37)42-40(41-38)29-16-5-2-6-17-29;35-34-36-32(23-11-2-1-3-12-23)31-21-30(28-17-6-7-18-29(28)33(31)37-34)25-15-8-14-24(20-25)27-19-9-13-22-10-4-5-16-26(22)27/h1-26H;1-21H. The van der Waals surface area contributed by atoms with E-state index in [0.717, 1.165) is 83.0 Å². The van der Waals surface area contributed by atoms with Crippen molar-refractivity contribution in [1.82, 2.24) is 19.9 Å². The second kappa shape index (κ2) is 20.4.